The zero-order valence-corrected chi connectivity index (χ0v) is 23.4. The summed E-state index contributed by atoms with van der Waals surface area (Å²) >= 11 is 5.61. The Hall–Kier alpha value is -2.52. The molecule has 196 valence electrons. The molecule has 3 aromatic carbocycles. The van der Waals surface area contributed by atoms with Crippen molar-refractivity contribution in [3.05, 3.63) is 76.2 Å². The quantitative estimate of drug-likeness (QED) is 0.0939. The minimum absolute atomic E-state index is 0.256. The number of hydrogen-bond donors (Lipinski definition) is 0. The standard InChI is InChI=1S/C34H41FOS/c1-3-5-7-9-11-13-15-27-20-23-30-29-22-21-28(24-31(29)34(37)36-33(30)32(27)35)26-18-16-25(17-19-26)14-12-10-8-6-4-2/h16-24H,3-15H2,1-2H3. The molecule has 0 aliphatic carbocycles. The summed E-state index contributed by atoms with van der Waals surface area (Å²) in [6.07, 6.45) is 15.5. The maximum absolute atomic E-state index is 15.4. The van der Waals surface area contributed by atoms with Crippen molar-refractivity contribution in [3.8, 4) is 11.1 Å². The molecule has 37 heavy (non-hydrogen) atoms. The molecule has 0 spiro atoms. The Labute approximate surface area is 227 Å². The van der Waals surface area contributed by atoms with Crippen molar-refractivity contribution in [2.75, 3.05) is 0 Å². The maximum atomic E-state index is 15.4. The van der Waals surface area contributed by atoms with Gasteiger partial charge in [0.25, 0.3) is 0 Å². The molecule has 0 saturated heterocycles. The molecular formula is C34H41FOS. The highest BCUT2D eigenvalue weighted by molar-refractivity contribution is 7.71. The molecule has 0 radical (unpaired) electrons. The van der Waals surface area contributed by atoms with E-state index >= 15 is 4.39 Å². The first kappa shape index (κ1) is 27.5. The largest absolute Gasteiger partial charge is 0.441 e. The lowest BCUT2D eigenvalue weighted by atomic mass is 9.97. The van der Waals surface area contributed by atoms with Crippen LogP contribution in [-0.4, -0.2) is 0 Å². The molecule has 1 nitrogen and oxygen atoms in total. The third-order valence-corrected chi connectivity index (χ3v) is 7.86. The van der Waals surface area contributed by atoms with Crippen LogP contribution in [0.15, 0.2) is 59.0 Å². The van der Waals surface area contributed by atoms with Gasteiger partial charge in [-0.3, -0.25) is 0 Å². The predicted molar refractivity (Wildman–Crippen MR) is 159 cm³/mol. The molecule has 0 atom stereocenters. The Morgan fingerprint density at radius 1 is 0.622 bits per heavy atom. The summed E-state index contributed by atoms with van der Waals surface area (Å²) in [7, 11) is 0. The van der Waals surface area contributed by atoms with Gasteiger partial charge in [-0.2, -0.15) is 0 Å². The van der Waals surface area contributed by atoms with Gasteiger partial charge < -0.3 is 4.42 Å². The molecule has 0 N–H and O–H groups in total. The van der Waals surface area contributed by atoms with E-state index < -0.39 is 0 Å². The summed E-state index contributed by atoms with van der Waals surface area (Å²) in [6.45, 7) is 4.48. The number of rotatable bonds is 14. The third kappa shape index (κ3) is 7.08. The average Bonchev–Trinajstić information content (AvgIpc) is 2.92. The average molecular weight is 517 g/mol. The normalized spacial score (nSPS) is 11.5. The van der Waals surface area contributed by atoms with Gasteiger partial charge in [-0.25, -0.2) is 4.39 Å². The van der Waals surface area contributed by atoms with Crippen LogP contribution in [0.2, 0.25) is 0 Å². The Balaban J connectivity index is 1.51. The van der Waals surface area contributed by atoms with E-state index in [4.69, 9.17) is 16.6 Å². The van der Waals surface area contributed by atoms with Crippen molar-refractivity contribution in [3.63, 3.8) is 0 Å². The van der Waals surface area contributed by atoms with Gasteiger partial charge >= 0.3 is 0 Å². The highest BCUT2D eigenvalue weighted by atomic mass is 32.1. The van der Waals surface area contributed by atoms with Crippen molar-refractivity contribution < 1.29 is 8.81 Å². The van der Waals surface area contributed by atoms with Gasteiger partial charge in [-0.05, 0) is 71.6 Å². The summed E-state index contributed by atoms with van der Waals surface area (Å²) in [5, 5.41) is 2.60. The zero-order chi connectivity index (χ0) is 26.0. The molecule has 0 amide bonds. The van der Waals surface area contributed by atoms with Crippen LogP contribution in [0, 0.1) is 10.5 Å². The van der Waals surface area contributed by atoms with Crippen LogP contribution in [0.4, 0.5) is 4.39 Å². The van der Waals surface area contributed by atoms with Gasteiger partial charge in [0.05, 0.1) is 0 Å². The van der Waals surface area contributed by atoms with Crippen LogP contribution in [0.5, 0.6) is 0 Å². The van der Waals surface area contributed by atoms with Gasteiger partial charge in [0.1, 0.15) is 0 Å². The van der Waals surface area contributed by atoms with Crippen molar-refractivity contribution >= 4 is 34.0 Å². The molecule has 0 unspecified atom stereocenters. The second-order valence-electron chi connectivity index (χ2n) is 10.4. The lowest BCUT2D eigenvalue weighted by molar-refractivity contribution is 0.534. The SMILES string of the molecule is CCCCCCCCc1ccc2c(oc(=S)c3cc(-c4ccc(CCCCCCC)cc4)ccc32)c1F. The van der Waals surface area contributed by atoms with Crippen LogP contribution in [-0.2, 0) is 12.8 Å². The van der Waals surface area contributed by atoms with Crippen LogP contribution < -0.4 is 0 Å². The highest BCUT2D eigenvalue weighted by Crippen LogP contribution is 2.33. The molecule has 4 aromatic rings. The topological polar surface area (TPSA) is 13.1 Å². The molecule has 0 saturated carbocycles. The first-order valence-corrected chi connectivity index (χ1v) is 14.8. The van der Waals surface area contributed by atoms with E-state index in [9.17, 15) is 0 Å². The molecular weight excluding hydrogens is 475 g/mol. The fraction of sp³-hybridized carbons (Fsp3) is 0.441. The first-order valence-electron chi connectivity index (χ1n) is 14.4. The molecule has 4 rings (SSSR count). The molecule has 1 heterocycles. The lowest BCUT2D eigenvalue weighted by Gasteiger charge is -2.10. The number of fused-ring (bicyclic) bond motifs is 3. The highest BCUT2D eigenvalue weighted by Gasteiger charge is 2.14. The molecule has 0 bridgehead atoms. The fourth-order valence-electron chi connectivity index (χ4n) is 5.27. The first-order chi connectivity index (χ1) is 18.1. The minimum Gasteiger partial charge on any atom is -0.441 e. The molecule has 0 aliphatic heterocycles. The van der Waals surface area contributed by atoms with Gasteiger partial charge in [0.15, 0.2) is 16.1 Å². The monoisotopic (exact) mass is 516 g/mol. The smallest absolute Gasteiger partial charge is 0.198 e. The van der Waals surface area contributed by atoms with E-state index in [0.717, 1.165) is 58.5 Å². The van der Waals surface area contributed by atoms with Gasteiger partial charge in [-0.1, -0.05) is 120 Å². The number of unbranched alkanes of at least 4 members (excludes halogenated alkanes) is 9. The fourth-order valence-corrected chi connectivity index (χ4v) is 5.52. The van der Waals surface area contributed by atoms with Crippen molar-refractivity contribution in [1.29, 1.82) is 0 Å². The summed E-state index contributed by atoms with van der Waals surface area (Å²) < 4.78 is 21.7. The lowest BCUT2D eigenvalue weighted by Crippen LogP contribution is -1.94. The van der Waals surface area contributed by atoms with Crippen LogP contribution in [0.1, 0.15) is 95.6 Å². The zero-order valence-electron chi connectivity index (χ0n) is 22.6. The van der Waals surface area contributed by atoms with Crippen molar-refractivity contribution in [1.82, 2.24) is 0 Å². The molecule has 0 fully saturated rings. The minimum atomic E-state index is -0.256. The number of benzene rings is 3. The van der Waals surface area contributed by atoms with Crippen LogP contribution in [0.25, 0.3) is 32.9 Å². The maximum Gasteiger partial charge on any atom is 0.198 e. The van der Waals surface area contributed by atoms with E-state index in [1.165, 1.54) is 63.4 Å². The summed E-state index contributed by atoms with van der Waals surface area (Å²) in [4.78, 5) is 0. The van der Waals surface area contributed by atoms with Gasteiger partial charge in [0.2, 0.25) is 0 Å². The number of aryl methyl sites for hydroxylation is 2. The molecule has 3 heteroatoms. The predicted octanol–water partition coefficient (Wildman–Crippen LogP) is 11.5. The van der Waals surface area contributed by atoms with E-state index in [-0.39, 0.29) is 11.4 Å². The Morgan fingerprint density at radius 3 is 1.92 bits per heavy atom. The Kier molecular flexibility index (Phi) is 10.3. The van der Waals surface area contributed by atoms with E-state index in [2.05, 4.69) is 56.3 Å². The van der Waals surface area contributed by atoms with Crippen molar-refractivity contribution in [2.45, 2.75) is 97.3 Å². The van der Waals surface area contributed by atoms with Crippen molar-refractivity contribution in [2.24, 2.45) is 0 Å². The Bertz CT molecular complexity index is 1350. The van der Waals surface area contributed by atoms with Crippen LogP contribution in [0.3, 0.4) is 0 Å². The van der Waals surface area contributed by atoms with Gasteiger partial charge in [-0.15, -0.1) is 0 Å². The van der Waals surface area contributed by atoms with Gasteiger partial charge in [0, 0.05) is 10.8 Å². The van der Waals surface area contributed by atoms with E-state index in [1.54, 1.807) is 0 Å². The molecule has 1 aromatic heterocycles. The molecule has 0 aliphatic rings. The third-order valence-electron chi connectivity index (χ3n) is 7.56. The van der Waals surface area contributed by atoms with Crippen LogP contribution >= 0.6 is 12.2 Å². The summed E-state index contributed by atoms with van der Waals surface area (Å²) in [5.74, 6) is -0.256. The second kappa shape index (κ2) is 13.9. The summed E-state index contributed by atoms with van der Waals surface area (Å²) in [5.41, 5.74) is 4.66. The van der Waals surface area contributed by atoms with E-state index in [1.807, 2.05) is 12.1 Å². The summed E-state index contributed by atoms with van der Waals surface area (Å²) in [6, 6.07) is 19.0. The Morgan fingerprint density at radius 2 is 1.22 bits per heavy atom. The number of hydrogen-bond acceptors (Lipinski definition) is 2. The second-order valence-corrected chi connectivity index (χ2v) is 10.8. The number of halogens is 1. The van der Waals surface area contributed by atoms with E-state index in [0.29, 0.717) is 4.71 Å².